The lowest BCUT2D eigenvalue weighted by molar-refractivity contribution is 0.0958. The quantitative estimate of drug-likeness (QED) is 0.799. The minimum Gasteiger partial charge on any atom is -0.354 e. The number of halogens is 1. The number of amides is 1. The van der Waals surface area contributed by atoms with E-state index in [0.717, 1.165) is 5.69 Å². The van der Waals surface area contributed by atoms with Crippen molar-refractivity contribution in [2.75, 3.05) is 7.05 Å². The van der Waals surface area contributed by atoms with Crippen molar-refractivity contribution in [1.29, 1.82) is 0 Å². The Balaban J connectivity index is 2.35. The first-order chi connectivity index (χ1) is 7.70. The third-order valence-electron chi connectivity index (χ3n) is 2.02. The summed E-state index contributed by atoms with van der Waals surface area (Å²) in [6.07, 6.45) is 3.27. The first-order valence-corrected chi connectivity index (χ1v) is 4.98. The molecule has 0 saturated heterocycles. The molecule has 0 unspecified atom stereocenters. The maximum atomic E-state index is 11.3. The normalized spacial score (nSPS) is 10.1. The van der Waals surface area contributed by atoms with Gasteiger partial charge in [-0.3, -0.25) is 4.79 Å². The average Bonchev–Trinajstić information content (AvgIpc) is 2.77. The molecule has 16 heavy (non-hydrogen) atoms. The first-order valence-electron chi connectivity index (χ1n) is 4.60. The van der Waals surface area contributed by atoms with Crippen molar-refractivity contribution in [3.63, 3.8) is 0 Å². The molecule has 82 valence electrons. The van der Waals surface area contributed by atoms with Gasteiger partial charge in [0.15, 0.2) is 5.69 Å². The maximum Gasteiger partial charge on any atom is 0.271 e. The summed E-state index contributed by atoms with van der Waals surface area (Å²) in [6, 6.07) is 5.06. The Bertz CT molecular complexity index is 523. The zero-order valence-electron chi connectivity index (χ0n) is 8.51. The second-order valence-electron chi connectivity index (χ2n) is 3.06. The Kier molecular flexibility index (Phi) is 2.87. The van der Waals surface area contributed by atoms with E-state index in [1.54, 1.807) is 42.3 Å². The van der Waals surface area contributed by atoms with Crippen LogP contribution in [0.25, 0.3) is 5.69 Å². The first kappa shape index (κ1) is 10.6. The molecule has 0 fully saturated rings. The van der Waals surface area contributed by atoms with E-state index in [1.165, 1.54) is 0 Å². The highest BCUT2D eigenvalue weighted by atomic mass is 35.5. The zero-order valence-corrected chi connectivity index (χ0v) is 9.27. The van der Waals surface area contributed by atoms with Gasteiger partial charge in [0.25, 0.3) is 5.91 Å². The van der Waals surface area contributed by atoms with Crippen LogP contribution in [0.15, 0.2) is 30.6 Å². The highest BCUT2D eigenvalue weighted by molar-refractivity contribution is 6.29. The summed E-state index contributed by atoms with van der Waals surface area (Å²) in [5, 5.41) is 7.00. The van der Waals surface area contributed by atoms with Crippen molar-refractivity contribution < 1.29 is 4.79 Å². The lowest BCUT2D eigenvalue weighted by atomic mass is 10.4. The van der Waals surface area contributed by atoms with Crippen LogP contribution in [0.2, 0.25) is 5.15 Å². The maximum absolute atomic E-state index is 11.3. The Morgan fingerprint density at radius 3 is 3.00 bits per heavy atom. The second kappa shape index (κ2) is 4.32. The van der Waals surface area contributed by atoms with Crippen molar-refractivity contribution in [2.24, 2.45) is 0 Å². The van der Waals surface area contributed by atoms with Gasteiger partial charge in [-0.25, -0.2) is 9.67 Å². The van der Waals surface area contributed by atoms with Gasteiger partial charge in [0, 0.05) is 25.5 Å². The molecule has 1 amide bonds. The van der Waals surface area contributed by atoms with E-state index < -0.39 is 0 Å². The molecule has 0 radical (unpaired) electrons. The van der Waals surface area contributed by atoms with Gasteiger partial charge in [-0.05, 0) is 12.1 Å². The summed E-state index contributed by atoms with van der Waals surface area (Å²) in [4.78, 5) is 15.2. The molecular weight excluding hydrogens is 228 g/mol. The van der Waals surface area contributed by atoms with Crippen LogP contribution in [0.1, 0.15) is 10.5 Å². The number of carbonyl (C=O) groups excluding carboxylic acids is 1. The van der Waals surface area contributed by atoms with Crippen molar-refractivity contribution in [1.82, 2.24) is 20.1 Å². The van der Waals surface area contributed by atoms with Crippen LogP contribution in [0.4, 0.5) is 0 Å². The zero-order chi connectivity index (χ0) is 11.5. The fourth-order valence-electron chi connectivity index (χ4n) is 1.25. The summed E-state index contributed by atoms with van der Waals surface area (Å²) >= 11 is 5.76. The van der Waals surface area contributed by atoms with Crippen LogP contribution in [0.3, 0.4) is 0 Å². The molecule has 0 aliphatic rings. The molecular formula is C10H9ClN4O. The van der Waals surface area contributed by atoms with E-state index in [4.69, 9.17) is 11.6 Å². The number of carbonyl (C=O) groups is 1. The molecule has 5 nitrogen and oxygen atoms in total. The van der Waals surface area contributed by atoms with Crippen LogP contribution in [-0.2, 0) is 0 Å². The molecule has 0 saturated carbocycles. The van der Waals surface area contributed by atoms with Crippen molar-refractivity contribution in [2.45, 2.75) is 0 Å². The van der Waals surface area contributed by atoms with Crippen molar-refractivity contribution in [3.05, 3.63) is 41.4 Å². The summed E-state index contributed by atoms with van der Waals surface area (Å²) in [5.74, 6) is -0.223. The summed E-state index contributed by atoms with van der Waals surface area (Å²) in [5.41, 5.74) is 1.12. The minimum absolute atomic E-state index is 0.223. The van der Waals surface area contributed by atoms with Crippen molar-refractivity contribution >= 4 is 17.5 Å². The topological polar surface area (TPSA) is 59.8 Å². The van der Waals surface area contributed by atoms with Crippen LogP contribution in [-0.4, -0.2) is 27.7 Å². The smallest absolute Gasteiger partial charge is 0.271 e. The molecule has 2 aromatic heterocycles. The third kappa shape index (κ3) is 2.04. The summed E-state index contributed by atoms with van der Waals surface area (Å²) < 4.78 is 1.57. The lowest BCUT2D eigenvalue weighted by Crippen LogP contribution is -2.18. The monoisotopic (exact) mass is 236 g/mol. The Morgan fingerprint density at radius 2 is 2.31 bits per heavy atom. The van der Waals surface area contributed by atoms with E-state index >= 15 is 0 Å². The Hall–Kier alpha value is -1.88. The van der Waals surface area contributed by atoms with E-state index in [0.29, 0.717) is 10.8 Å². The largest absolute Gasteiger partial charge is 0.354 e. The number of nitrogens with one attached hydrogen (secondary N) is 1. The lowest BCUT2D eigenvalue weighted by Gasteiger charge is -2.00. The molecule has 2 rings (SSSR count). The molecule has 0 aromatic carbocycles. The molecule has 0 aliphatic carbocycles. The van der Waals surface area contributed by atoms with E-state index in [-0.39, 0.29) is 5.91 Å². The fraction of sp³-hybridized carbons (Fsp3) is 0.100. The van der Waals surface area contributed by atoms with Gasteiger partial charge in [0.2, 0.25) is 0 Å². The summed E-state index contributed by atoms with van der Waals surface area (Å²) in [6.45, 7) is 0. The predicted molar refractivity (Wildman–Crippen MR) is 59.8 cm³/mol. The standard InChI is InChI=1S/C10H9ClN4O/c1-12-10(16)8-3-5-15(14-8)7-2-4-13-9(11)6-7/h2-6H,1H3,(H,12,16). The molecule has 0 spiro atoms. The van der Waals surface area contributed by atoms with Gasteiger partial charge in [-0.15, -0.1) is 0 Å². The Morgan fingerprint density at radius 1 is 1.50 bits per heavy atom. The molecule has 1 N–H and O–H groups in total. The number of nitrogens with zero attached hydrogens (tertiary/aromatic N) is 3. The van der Waals surface area contributed by atoms with Crippen LogP contribution < -0.4 is 5.32 Å². The fourth-order valence-corrected chi connectivity index (χ4v) is 1.42. The molecule has 2 aromatic rings. The number of aromatic nitrogens is 3. The van der Waals surface area contributed by atoms with E-state index in [9.17, 15) is 4.79 Å². The predicted octanol–water partition coefficient (Wildman–Crippen LogP) is 1.28. The van der Waals surface area contributed by atoms with Crippen LogP contribution in [0.5, 0.6) is 0 Å². The van der Waals surface area contributed by atoms with E-state index in [1.807, 2.05) is 0 Å². The van der Waals surface area contributed by atoms with Gasteiger partial charge >= 0.3 is 0 Å². The Labute approximate surface area is 97.1 Å². The molecule has 0 aliphatic heterocycles. The van der Waals surface area contributed by atoms with Gasteiger partial charge in [-0.2, -0.15) is 5.10 Å². The number of hydrogen-bond acceptors (Lipinski definition) is 3. The highest BCUT2D eigenvalue weighted by Crippen LogP contribution is 2.11. The molecule has 0 atom stereocenters. The molecule has 6 heteroatoms. The van der Waals surface area contributed by atoms with Crippen molar-refractivity contribution in [3.8, 4) is 5.69 Å². The van der Waals surface area contributed by atoms with E-state index in [2.05, 4.69) is 15.4 Å². The van der Waals surface area contributed by atoms with Crippen LogP contribution in [0, 0.1) is 0 Å². The number of pyridine rings is 1. The number of rotatable bonds is 2. The van der Waals surface area contributed by atoms with Gasteiger partial charge < -0.3 is 5.32 Å². The molecule has 2 heterocycles. The highest BCUT2D eigenvalue weighted by Gasteiger charge is 2.07. The molecule has 0 bridgehead atoms. The van der Waals surface area contributed by atoms with Gasteiger partial charge in [0.1, 0.15) is 5.15 Å². The van der Waals surface area contributed by atoms with Gasteiger partial charge in [-0.1, -0.05) is 11.6 Å². The van der Waals surface area contributed by atoms with Gasteiger partial charge in [0.05, 0.1) is 5.69 Å². The third-order valence-corrected chi connectivity index (χ3v) is 2.23. The minimum atomic E-state index is -0.223. The average molecular weight is 237 g/mol. The number of hydrogen-bond donors (Lipinski definition) is 1. The van der Waals surface area contributed by atoms with Crippen LogP contribution >= 0.6 is 11.6 Å². The summed E-state index contributed by atoms with van der Waals surface area (Å²) in [7, 11) is 1.56. The SMILES string of the molecule is CNC(=O)c1ccn(-c2ccnc(Cl)c2)n1. The second-order valence-corrected chi connectivity index (χ2v) is 3.45.